The van der Waals surface area contributed by atoms with Crippen molar-refractivity contribution in [1.82, 2.24) is 19.7 Å². The maximum Gasteiger partial charge on any atom is 0.229 e. The van der Waals surface area contributed by atoms with Gasteiger partial charge in [0.1, 0.15) is 11.6 Å². The summed E-state index contributed by atoms with van der Waals surface area (Å²) in [7, 11) is 0. The van der Waals surface area contributed by atoms with Crippen LogP contribution in [-0.2, 0) is 16.1 Å². The number of likely N-dealkylation sites (tertiary alicyclic amines) is 1. The first-order valence-corrected chi connectivity index (χ1v) is 8.96. The Morgan fingerprint density at radius 2 is 2.00 bits per heavy atom. The molecule has 7 nitrogen and oxygen atoms in total. The summed E-state index contributed by atoms with van der Waals surface area (Å²) < 4.78 is 7.46. The average Bonchev–Trinajstić information content (AvgIpc) is 3.25. The first-order valence-electron chi connectivity index (χ1n) is 7.97. The minimum atomic E-state index is -0.0829. The van der Waals surface area contributed by atoms with E-state index >= 15 is 0 Å². The third-order valence-corrected chi connectivity index (χ3v) is 4.80. The van der Waals surface area contributed by atoms with Crippen LogP contribution >= 0.6 is 11.8 Å². The highest BCUT2D eigenvalue weighted by Crippen LogP contribution is 2.23. The van der Waals surface area contributed by atoms with Gasteiger partial charge in [-0.15, -0.1) is 10.2 Å². The van der Waals surface area contributed by atoms with Gasteiger partial charge in [-0.05, 0) is 12.1 Å². The fraction of sp³-hybridized carbons (Fsp3) is 0.500. The van der Waals surface area contributed by atoms with E-state index in [1.54, 1.807) is 6.26 Å². The smallest absolute Gasteiger partial charge is 0.229 e. The summed E-state index contributed by atoms with van der Waals surface area (Å²) in [6.45, 7) is 5.11. The van der Waals surface area contributed by atoms with Gasteiger partial charge in [-0.3, -0.25) is 19.1 Å². The molecule has 1 aliphatic rings. The van der Waals surface area contributed by atoms with E-state index in [2.05, 4.69) is 24.0 Å². The van der Waals surface area contributed by atoms with E-state index in [-0.39, 0.29) is 17.7 Å². The lowest BCUT2D eigenvalue weighted by atomic mass is 10.2. The SMILES string of the molecule is CC(C)c1nnc(SCCN2C(=O)CCC2=O)n1Cc1ccco1. The number of thioether (sulfide) groups is 1. The molecule has 0 aromatic carbocycles. The van der Waals surface area contributed by atoms with Crippen molar-refractivity contribution >= 4 is 23.6 Å². The van der Waals surface area contributed by atoms with Crippen LogP contribution in [0.3, 0.4) is 0 Å². The Hall–Kier alpha value is -2.09. The van der Waals surface area contributed by atoms with Crippen molar-refractivity contribution < 1.29 is 14.0 Å². The molecule has 0 aliphatic carbocycles. The molecule has 3 rings (SSSR count). The van der Waals surface area contributed by atoms with Crippen LogP contribution in [0.15, 0.2) is 28.0 Å². The van der Waals surface area contributed by atoms with Gasteiger partial charge in [-0.1, -0.05) is 25.6 Å². The molecule has 0 radical (unpaired) electrons. The average molecular weight is 348 g/mol. The number of rotatable bonds is 7. The van der Waals surface area contributed by atoms with Gasteiger partial charge in [0, 0.05) is 31.1 Å². The standard InChI is InChI=1S/C16H20N4O3S/c1-11(2)15-17-18-16(20(15)10-12-4-3-8-23-12)24-9-7-19-13(21)5-6-14(19)22/h3-4,8,11H,5-7,9-10H2,1-2H3. The Kier molecular flexibility index (Phi) is 5.03. The van der Waals surface area contributed by atoms with E-state index in [1.807, 2.05) is 16.7 Å². The Bertz CT molecular complexity index is 708. The molecule has 0 spiro atoms. The fourth-order valence-corrected chi connectivity index (χ4v) is 3.51. The molecule has 0 N–H and O–H groups in total. The van der Waals surface area contributed by atoms with E-state index in [9.17, 15) is 9.59 Å². The van der Waals surface area contributed by atoms with Crippen LogP contribution in [0, 0.1) is 0 Å². The molecule has 3 heterocycles. The van der Waals surface area contributed by atoms with Crippen LogP contribution < -0.4 is 0 Å². The van der Waals surface area contributed by atoms with Gasteiger partial charge in [0.2, 0.25) is 11.8 Å². The van der Waals surface area contributed by atoms with Crippen molar-refractivity contribution in [2.45, 2.75) is 44.3 Å². The van der Waals surface area contributed by atoms with Crippen molar-refractivity contribution in [2.75, 3.05) is 12.3 Å². The number of amides is 2. The number of nitrogens with zero attached hydrogens (tertiary/aromatic N) is 4. The highest BCUT2D eigenvalue weighted by molar-refractivity contribution is 7.99. The normalized spacial score (nSPS) is 15.0. The third-order valence-electron chi connectivity index (χ3n) is 3.86. The summed E-state index contributed by atoms with van der Waals surface area (Å²) in [5.41, 5.74) is 0. The number of hydrogen-bond acceptors (Lipinski definition) is 6. The van der Waals surface area contributed by atoms with Crippen LogP contribution in [0.1, 0.15) is 44.2 Å². The maximum absolute atomic E-state index is 11.6. The molecule has 0 saturated carbocycles. The van der Waals surface area contributed by atoms with Crippen molar-refractivity contribution in [3.05, 3.63) is 30.0 Å². The molecule has 1 fully saturated rings. The van der Waals surface area contributed by atoms with Gasteiger partial charge >= 0.3 is 0 Å². The number of imide groups is 1. The Balaban J connectivity index is 1.68. The zero-order valence-corrected chi connectivity index (χ0v) is 14.6. The van der Waals surface area contributed by atoms with Crippen molar-refractivity contribution in [3.8, 4) is 0 Å². The quantitative estimate of drug-likeness (QED) is 0.564. The minimum Gasteiger partial charge on any atom is -0.467 e. The molecule has 8 heteroatoms. The van der Waals surface area contributed by atoms with Crippen LogP contribution in [0.4, 0.5) is 0 Å². The van der Waals surface area contributed by atoms with E-state index in [0.29, 0.717) is 31.7 Å². The predicted molar refractivity (Wildman–Crippen MR) is 88.6 cm³/mol. The lowest BCUT2D eigenvalue weighted by Crippen LogP contribution is -2.31. The predicted octanol–water partition coefficient (Wildman–Crippen LogP) is 2.28. The Morgan fingerprint density at radius 3 is 2.62 bits per heavy atom. The molecule has 1 saturated heterocycles. The van der Waals surface area contributed by atoms with Crippen molar-refractivity contribution in [3.63, 3.8) is 0 Å². The highest BCUT2D eigenvalue weighted by Gasteiger charge is 2.28. The zero-order chi connectivity index (χ0) is 17.1. The Morgan fingerprint density at radius 1 is 1.25 bits per heavy atom. The lowest BCUT2D eigenvalue weighted by Gasteiger charge is -2.14. The van der Waals surface area contributed by atoms with Gasteiger partial charge in [-0.25, -0.2) is 0 Å². The van der Waals surface area contributed by atoms with Gasteiger partial charge in [0.15, 0.2) is 5.16 Å². The van der Waals surface area contributed by atoms with E-state index in [1.165, 1.54) is 16.7 Å². The van der Waals surface area contributed by atoms with Gasteiger partial charge < -0.3 is 4.42 Å². The topological polar surface area (TPSA) is 81.2 Å². The highest BCUT2D eigenvalue weighted by atomic mass is 32.2. The molecule has 128 valence electrons. The summed E-state index contributed by atoms with van der Waals surface area (Å²) in [5.74, 6) is 2.40. The second kappa shape index (κ2) is 7.21. The first-order chi connectivity index (χ1) is 11.6. The third kappa shape index (κ3) is 3.53. The molecule has 0 atom stereocenters. The van der Waals surface area contributed by atoms with Crippen LogP contribution in [0.25, 0.3) is 0 Å². The number of carbonyl (C=O) groups excluding carboxylic acids is 2. The molecule has 2 amide bonds. The Labute approximate surface area is 144 Å². The van der Waals surface area contributed by atoms with Gasteiger partial charge in [0.05, 0.1) is 12.8 Å². The molecule has 0 bridgehead atoms. The van der Waals surface area contributed by atoms with Crippen molar-refractivity contribution in [1.29, 1.82) is 0 Å². The molecule has 0 unspecified atom stereocenters. The number of furan rings is 1. The largest absolute Gasteiger partial charge is 0.467 e. The molecule has 2 aromatic rings. The van der Waals surface area contributed by atoms with Crippen molar-refractivity contribution in [2.24, 2.45) is 0 Å². The van der Waals surface area contributed by atoms with E-state index in [4.69, 9.17) is 4.42 Å². The number of aromatic nitrogens is 3. The lowest BCUT2D eigenvalue weighted by molar-refractivity contribution is -0.137. The first kappa shape index (κ1) is 16.8. The van der Waals surface area contributed by atoms with E-state index < -0.39 is 0 Å². The van der Waals surface area contributed by atoms with Crippen LogP contribution in [-0.4, -0.2) is 43.8 Å². The molecule has 1 aliphatic heterocycles. The fourth-order valence-electron chi connectivity index (χ4n) is 2.64. The molecule has 24 heavy (non-hydrogen) atoms. The number of hydrogen-bond donors (Lipinski definition) is 0. The minimum absolute atomic E-state index is 0.0829. The summed E-state index contributed by atoms with van der Waals surface area (Å²) in [6.07, 6.45) is 2.30. The molecular weight excluding hydrogens is 328 g/mol. The van der Waals surface area contributed by atoms with Crippen LogP contribution in [0.2, 0.25) is 0 Å². The maximum atomic E-state index is 11.6. The molecule has 2 aromatic heterocycles. The second-order valence-corrected chi connectivity index (χ2v) is 7.01. The summed E-state index contributed by atoms with van der Waals surface area (Å²) in [5, 5.41) is 9.32. The number of carbonyl (C=O) groups is 2. The van der Waals surface area contributed by atoms with Crippen LogP contribution in [0.5, 0.6) is 0 Å². The summed E-state index contributed by atoms with van der Waals surface area (Å²) >= 11 is 1.50. The summed E-state index contributed by atoms with van der Waals surface area (Å²) in [4.78, 5) is 24.6. The summed E-state index contributed by atoms with van der Waals surface area (Å²) in [6, 6.07) is 3.77. The van der Waals surface area contributed by atoms with E-state index in [0.717, 1.165) is 16.7 Å². The van der Waals surface area contributed by atoms with Gasteiger partial charge in [0.25, 0.3) is 0 Å². The second-order valence-electron chi connectivity index (χ2n) is 5.95. The monoisotopic (exact) mass is 348 g/mol. The molecular formula is C16H20N4O3S. The van der Waals surface area contributed by atoms with Gasteiger partial charge in [-0.2, -0.15) is 0 Å². The zero-order valence-electron chi connectivity index (χ0n) is 13.8.